The van der Waals surface area contributed by atoms with Crippen LogP contribution in [-0.4, -0.2) is 27.6 Å². The second-order valence-corrected chi connectivity index (χ2v) is 3.44. The minimum absolute atomic E-state index is 0.00115. The van der Waals surface area contributed by atoms with Gasteiger partial charge in [0.25, 0.3) is 5.91 Å². The average Bonchev–Trinajstić information content (AvgIpc) is 2.69. The molecule has 0 aliphatic rings. The summed E-state index contributed by atoms with van der Waals surface area (Å²) in [5.41, 5.74) is 7.26. The van der Waals surface area contributed by atoms with Crippen molar-refractivity contribution in [3.8, 4) is 0 Å². The van der Waals surface area contributed by atoms with Crippen molar-refractivity contribution < 1.29 is 9.90 Å². The molecule has 2 aromatic rings. The molecule has 0 aliphatic heterocycles. The average molecular weight is 218 g/mol. The Balaban J connectivity index is 2.54. The molecule has 1 radical (unpaired) electrons. The molecule has 16 heavy (non-hydrogen) atoms. The van der Waals surface area contributed by atoms with E-state index in [0.29, 0.717) is 6.42 Å². The van der Waals surface area contributed by atoms with Crippen molar-refractivity contribution in [1.29, 1.82) is 0 Å². The number of nitrogens with one attached hydrogen (secondary N) is 1. The minimum Gasteiger partial charge on any atom is -0.396 e. The molecule has 4 N–H and O–H groups in total. The van der Waals surface area contributed by atoms with Crippen LogP contribution >= 0.6 is 0 Å². The van der Waals surface area contributed by atoms with Gasteiger partial charge in [-0.15, -0.1) is 0 Å². The molecule has 0 spiro atoms. The number of nitrogens with two attached hydrogens (primary N) is 1. The van der Waals surface area contributed by atoms with Crippen LogP contribution in [-0.2, 0) is 6.42 Å². The molecule has 0 atom stereocenters. The lowest BCUT2D eigenvalue weighted by Gasteiger charge is -2.00. The fourth-order valence-electron chi connectivity index (χ4n) is 1.71. The van der Waals surface area contributed by atoms with Gasteiger partial charge in [-0.25, -0.2) is 0 Å². The maximum atomic E-state index is 11.2. The lowest BCUT2D eigenvalue weighted by Crippen LogP contribution is -2.13. The van der Waals surface area contributed by atoms with Crippen molar-refractivity contribution in [2.45, 2.75) is 6.42 Å². The number of H-pyrrole nitrogens is 1. The zero-order valence-electron chi connectivity index (χ0n) is 8.60. The van der Waals surface area contributed by atoms with Gasteiger partial charge >= 0.3 is 0 Å². The number of aliphatic hydroxyl groups excluding tert-OH is 1. The number of carbonyl (C=O) groups excluding carboxylic acids is 1. The van der Waals surface area contributed by atoms with E-state index in [1.54, 1.807) is 24.9 Å². The molecule has 5 heteroatoms. The summed E-state index contributed by atoms with van der Waals surface area (Å²) in [6.07, 6.45) is 5.62. The van der Waals surface area contributed by atoms with Gasteiger partial charge in [0, 0.05) is 29.9 Å². The van der Waals surface area contributed by atoms with Crippen molar-refractivity contribution in [2.24, 2.45) is 5.73 Å². The summed E-state index contributed by atoms with van der Waals surface area (Å²) in [6.45, 7) is -0.00115. The first-order valence-corrected chi connectivity index (χ1v) is 4.91. The summed E-state index contributed by atoms with van der Waals surface area (Å²) < 4.78 is 0. The fraction of sp³-hybridized carbons (Fsp3) is 0.182. The molecular weight excluding hydrogens is 206 g/mol. The lowest BCUT2D eigenvalue weighted by molar-refractivity contribution is 0.0997. The highest BCUT2D eigenvalue weighted by Crippen LogP contribution is 2.21. The Morgan fingerprint density at radius 2 is 2.44 bits per heavy atom. The highest BCUT2D eigenvalue weighted by molar-refractivity contribution is 6.05. The molecule has 83 valence electrons. The van der Waals surface area contributed by atoms with Crippen LogP contribution < -0.4 is 5.73 Å². The number of aromatic nitrogens is 2. The highest BCUT2D eigenvalue weighted by atomic mass is 16.2. The van der Waals surface area contributed by atoms with Crippen molar-refractivity contribution >= 4 is 16.8 Å². The number of hydrogen-bond donors (Lipinski definition) is 3. The van der Waals surface area contributed by atoms with Crippen molar-refractivity contribution in [3.05, 3.63) is 36.1 Å². The molecule has 0 saturated heterocycles. The summed E-state index contributed by atoms with van der Waals surface area (Å²) in [5.74, 6) is -0.546. The van der Waals surface area contributed by atoms with Crippen molar-refractivity contribution in [2.75, 3.05) is 6.61 Å². The zero-order chi connectivity index (χ0) is 11.5. The van der Waals surface area contributed by atoms with E-state index in [1.807, 2.05) is 0 Å². The van der Waals surface area contributed by atoms with Gasteiger partial charge in [0.2, 0.25) is 0 Å². The van der Waals surface area contributed by atoms with Crippen LogP contribution in [0.1, 0.15) is 16.1 Å². The van der Waals surface area contributed by atoms with Gasteiger partial charge in [-0.1, -0.05) is 0 Å². The summed E-state index contributed by atoms with van der Waals surface area (Å²) in [6, 6.07) is 1.78. The van der Waals surface area contributed by atoms with Gasteiger partial charge in [0.15, 0.2) is 0 Å². The summed E-state index contributed by atoms with van der Waals surface area (Å²) in [5, 5.41) is 9.48. The van der Waals surface area contributed by atoms with Crippen molar-refractivity contribution in [3.63, 3.8) is 0 Å². The van der Waals surface area contributed by atoms with E-state index in [9.17, 15) is 4.79 Å². The molecule has 5 nitrogen and oxygen atoms in total. The van der Waals surface area contributed by atoms with Gasteiger partial charge in [0.1, 0.15) is 5.69 Å². The first-order chi connectivity index (χ1) is 7.74. The number of primary amides is 1. The van der Waals surface area contributed by atoms with Gasteiger partial charge in [-0.2, -0.15) is 0 Å². The zero-order valence-corrected chi connectivity index (χ0v) is 8.60. The van der Waals surface area contributed by atoms with Crippen LogP contribution in [0.15, 0.2) is 18.5 Å². The second-order valence-electron chi connectivity index (χ2n) is 3.44. The van der Waals surface area contributed by atoms with E-state index in [1.165, 1.54) is 0 Å². The van der Waals surface area contributed by atoms with Gasteiger partial charge in [-0.05, 0) is 24.5 Å². The highest BCUT2D eigenvalue weighted by Gasteiger charge is 2.13. The number of hydrogen-bond acceptors (Lipinski definition) is 3. The first kappa shape index (κ1) is 10.6. The summed E-state index contributed by atoms with van der Waals surface area (Å²) >= 11 is 0. The third-order valence-corrected chi connectivity index (χ3v) is 2.40. The third-order valence-electron chi connectivity index (χ3n) is 2.40. The topological polar surface area (TPSA) is 92.0 Å². The SMILES string of the molecule is NC(=O)c1nccc2[nH]cc(C[CH]CO)c12. The van der Waals surface area contributed by atoms with Crippen LogP contribution in [0.2, 0.25) is 0 Å². The molecule has 0 saturated carbocycles. The Morgan fingerprint density at radius 3 is 3.12 bits per heavy atom. The number of rotatable bonds is 4. The molecule has 0 aliphatic carbocycles. The number of fused-ring (bicyclic) bond motifs is 1. The molecule has 0 bridgehead atoms. The standard InChI is InChI=1S/C11H12N3O2/c12-11(16)10-9-7(2-1-5-15)6-14-8(9)3-4-13-10/h1,3-4,6,14-15H,2,5H2,(H2,12,16). The third kappa shape index (κ3) is 1.77. The first-order valence-electron chi connectivity index (χ1n) is 4.91. The maximum absolute atomic E-state index is 11.2. The number of nitrogens with zero attached hydrogens (tertiary/aromatic N) is 1. The largest absolute Gasteiger partial charge is 0.396 e. The molecule has 1 amide bonds. The monoisotopic (exact) mass is 218 g/mol. The lowest BCUT2D eigenvalue weighted by atomic mass is 10.1. The van der Waals surface area contributed by atoms with E-state index in [4.69, 9.17) is 10.8 Å². The van der Waals surface area contributed by atoms with Crippen LogP contribution in [0.5, 0.6) is 0 Å². The second kappa shape index (κ2) is 4.32. The number of pyridine rings is 1. The summed E-state index contributed by atoms with van der Waals surface area (Å²) in [7, 11) is 0. The van der Waals surface area contributed by atoms with Crippen LogP contribution in [0.3, 0.4) is 0 Å². The van der Waals surface area contributed by atoms with Crippen molar-refractivity contribution in [1.82, 2.24) is 9.97 Å². The molecular formula is C11H12N3O2. The smallest absolute Gasteiger partial charge is 0.268 e. The van der Waals surface area contributed by atoms with Gasteiger partial charge < -0.3 is 15.8 Å². The normalized spacial score (nSPS) is 10.8. The Bertz CT molecular complexity index is 519. The molecule has 0 unspecified atom stereocenters. The molecule has 0 aromatic carbocycles. The Labute approximate surface area is 92.3 Å². The fourth-order valence-corrected chi connectivity index (χ4v) is 1.71. The van der Waals surface area contributed by atoms with Crippen LogP contribution in [0, 0.1) is 6.42 Å². The molecule has 0 fully saturated rings. The van der Waals surface area contributed by atoms with Gasteiger partial charge in [0.05, 0.1) is 0 Å². The molecule has 2 heterocycles. The maximum Gasteiger partial charge on any atom is 0.268 e. The Kier molecular flexibility index (Phi) is 2.87. The van der Waals surface area contributed by atoms with E-state index in [-0.39, 0.29) is 12.3 Å². The predicted molar refractivity (Wildman–Crippen MR) is 59.7 cm³/mol. The number of carbonyl (C=O) groups is 1. The molecule has 2 aromatic heterocycles. The molecule has 2 rings (SSSR count). The van der Waals surface area contributed by atoms with E-state index >= 15 is 0 Å². The van der Waals surface area contributed by atoms with Crippen LogP contribution in [0.4, 0.5) is 0 Å². The Morgan fingerprint density at radius 1 is 1.62 bits per heavy atom. The predicted octanol–water partition coefficient (Wildman–Crippen LogP) is 0.401. The van der Waals surface area contributed by atoms with Gasteiger partial charge in [-0.3, -0.25) is 9.78 Å². The quantitative estimate of drug-likeness (QED) is 0.693. The number of amides is 1. The Hall–Kier alpha value is -1.88. The van der Waals surface area contributed by atoms with E-state index in [2.05, 4.69) is 9.97 Å². The minimum atomic E-state index is -0.546. The number of aromatic amines is 1. The van der Waals surface area contributed by atoms with E-state index in [0.717, 1.165) is 16.5 Å². The van der Waals surface area contributed by atoms with Crippen LogP contribution in [0.25, 0.3) is 10.9 Å². The van der Waals surface area contributed by atoms with E-state index < -0.39 is 5.91 Å². The summed E-state index contributed by atoms with van der Waals surface area (Å²) in [4.78, 5) is 18.2. The number of aliphatic hydroxyl groups is 1.